The average Bonchev–Trinajstić information content (AvgIpc) is 2.45. The highest BCUT2D eigenvalue weighted by Crippen LogP contribution is 2.26. The lowest BCUT2D eigenvalue weighted by Gasteiger charge is -2.07. The number of hydrogen-bond donors (Lipinski definition) is 0. The van der Waals surface area contributed by atoms with E-state index in [4.69, 9.17) is 4.74 Å². The molecule has 3 rings (SSSR count). The van der Waals surface area contributed by atoms with Gasteiger partial charge < -0.3 is 4.74 Å². The van der Waals surface area contributed by atoms with Crippen molar-refractivity contribution in [2.45, 2.75) is 19.8 Å². The minimum Gasteiger partial charge on any atom is -0.494 e. The number of benzene rings is 3. The highest BCUT2D eigenvalue weighted by Gasteiger charge is 2.00. The van der Waals surface area contributed by atoms with Crippen LogP contribution in [0.15, 0.2) is 48.5 Å². The first-order chi connectivity index (χ1) is 9.36. The largest absolute Gasteiger partial charge is 0.494 e. The lowest BCUT2D eigenvalue weighted by molar-refractivity contribution is 0.310. The van der Waals surface area contributed by atoms with Crippen LogP contribution in [-0.2, 0) is 0 Å². The van der Waals surface area contributed by atoms with Gasteiger partial charge in [-0.2, -0.15) is 0 Å². The molecule has 95 valence electrons. The molecule has 0 aliphatic rings. The average molecular weight is 249 g/mol. The zero-order valence-electron chi connectivity index (χ0n) is 11.1. The fourth-order valence-corrected chi connectivity index (χ4v) is 2.27. The Morgan fingerprint density at radius 3 is 2.84 bits per heavy atom. The van der Waals surface area contributed by atoms with Gasteiger partial charge in [-0.1, -0.05) is 37.6 Å². The van der Waals surface area contributed by atoms with Crippen LogP contribution >= 0.6 is 0 Å². The first-order valence-corrected chi connectivity index (χ1v) is 6.84. The molecule has 0 bridgehead atoms. The zero-order valence-corrected chi connectivity index (χ0v) is 11.1. The van der Waals surface area contributed by atoms with Gasteiger partial charge in [0, 0.05) is 0 Å². The van der Waals surface area contributed by atoms with Gasteiger partial charge in [-0.25, -0.2) is 0 Å². The Morgan fingerprint density at radius 2 is 1.95 bits per heavy atom. The third-order valence-corrected chi connectivity index (χ3v) is 3.36. The molecule has 0 fully saturated rings. The summed E-state index contributed by atoms with van der Waals surface area (Å²) in [7, 11) is 0. The second-order valence-electron chi connectivity index (χ2n) is 4.82. The molecule has 0 saturated heterocycles. The fraction of sp³-hybridized carbons (Fsp3) is 0.222. The summed E-state index contributed by atoms with van der Waals surface area (Å²) < 4.78 is 5.76. The van der Waals surface area contributed by atoms with Crippen molar-refractivity contribution in [3.05, 3.63) is 54.6 Å². The van der Waals surface area contributed by atoms with Crippen LogP contribution in [-0.4, -0.2) is 6.61 Å². The second-order valence-corrected chi connectivity index (χ2v) is 4.82. The highest BCUT2D eigenvalue weighted by atomic mass is 16.5. The summed E-state index contributed by atoms with van der Waals surface area (Å²) in [4.78, 5) is 0. The van der Waals surface area contributed by atoms with E-state index in [0.717, 1.165) is 30.6 Å². The van der Waals surface area contributed by atoms with Crippen molar-refractivity contribution < 1.29 is 4.74 Å². The van der Waals surface area contributed by atoms with Gasteiger partial charge >= 0.3 is 0 Å². The number of hydrogen-bond acceptors (Lipinski definition) is 1. The quantitative estimate of drug-likeness (QED) is 0.468. The molecule has 1 nitrogen and oxygen atoms in total. The molecule has 0 atom stereocenters. The Balaban J connectivity index is 1.99. The molecule has 0 heterocycles. The molecule has 0 aromatic heterocycles. The van der Waals surface area contributed by atoms with E-state index in [1.807, 2.05) is 18.2 Å². The van der Waals surface area contributed by atoms with Crippen LogP contribution in [0.2, 0.25) is 0 Å². The highest BCUT2D eigenvalue weighted by molar-refractivity contribution is 5.98. The van der Waals surface area contributed by atoms with Gasteiger partial charge in [0.2, 0.25) is 0 Å². The smallest absolute Gasteiger partial charge is 0.119 e. The normalized spacial score (nSPS) is 11.0. The van der Waals surface area contributed by atoms with Crippen molar-refractivity contribution in [1.82, 2.24) is 0 Å². The van der Waals surface area contributed by atoms with Crippen molar-refractivity contribution in [2.75, 3.05) is 6.61 Å². The Kier molecular flexibility index (Phi) is 3.37. The van der Waals surface area contributed by atoms with Gasteiger partial charge in [-0.15, -0.1) is 0 Å². The van der Waals surface area contributed by atoms with Crippen molar-refractivity contribution >= 4 is 21.5 Å². The maximum absolute atomic E-state index is 5.76. The third kappa shape index (κ3) is 2.55. The predicted octanol–water partition coefficient (Wildman–Crippen LogP) is 4.97. The Morgan fingerprint density at radius 1 is 1.00 bits per heavy atom. The number of unbranched alkanes of at least 4 members (excludes halogenated alkanes) is 1. The monoisotopic (exact) mass is 249 g/mol. The van der Waals surface area contributed by atoms with E-state index in [0.29, 0.717) is 0 Å². The SMILES string of the molecule is CCCCOc1ccc2cc3[c]cccc3cc2c1. The minimum atomic E-state index is 0.795. The lowest BCUT2D eigenvalue weighted by atomic mass is 10.0. The molecule has 19 heavy (non-hydrogen) atoms. The molecule has 0 unspecified atom stereocenters. The molecular formula is C18H17O. The molecule has 0 amide bonds. The van der Waals surface area contributed by atoms with Gasteiger partial charge in [-0.3, -0.25) is 0 Å². The third-order valence-electron chi connectivity index (χ3n) is 3.36. The first-order valence-electron chi connectivity index (χ1n) is 6.84. The number of rotatable bonds is 4. The predicted molar refractivity (Wildman–Crippen MR) is 80.7 cm³/mol. The van der Waals surface area contributed by atoms with Gasteiger partial charge in [0.05, 0.1) is 6.61 Å². The van der Waals surface area contributed by atoms with Gasteiger partial charge in [0.25, 0.3) is 0 Å². The van der Waals surface area contributed by atoms with Crippen LogP contribution < -0.4 is 4.74 Å². The topological polar surface area (TPSA) is 9.23 Å². The van der Waals surface area contributed by atoms with E-state index in [-0.39, 0.29) is 0 Å². The molecule has 3 aromatic carbocycles. The summed E-state index contributed by atoms with van der Waals surface area (Å²) >= 11 is 0. The Labute approximate surface area is 113 Å². The molecule has 0 saturated carbocycles. The maximum atomic E-state index is 5.76. The van der Waals surface area contributed by atoms with E-state index in [1.165, 1.54) is 16.2 Å². The summed E-state index contributed by atoms with van der Waals surface area (Å²) in [6, 6.07) is 20.0. The summed E-state index contributed by atoms with van der Waals surface area (Å²) in [6.45, 7) is 2.97. The Hall–Kier alpha value is -2.02. The van der Waals surface area contributed by atoms with Crippen LogP contribution in [0.1, 0.15) is 19.8 Å². The number of ether oxygens (including phenoxy) is 1. The lowest BCUT2D eigenvalue weighted by Crippen LogP contribution is -1.95. The van der Waals surface area contributed by atoms with Crippen LogP contribution in [0.4, 0.5) is 0 Å². The molecule has 0 aliphatic carbocycles. The first kappa shape index (κ1) is 12.0. The van der Waals surface area contributed by atoms with E-state index < -0.39 is 0 Å². The maximum Gasteiger partial charge on any atom is 0.119 e. The van der Waals surface area contributed by atoms with Crippen molar-refractivity contribution in [2.24, 2.45) is 0 Å². The van der Waals surface area contributed by atoms with Crippen molar-refractivity contribution in [1.29, 1.82) is 0 Å². The van der Waals surface area contributed by atoms with Crippen LogP contribution in [0.3, 0.4) is 0 Å². The second kappa shape index (κ2) is 5.31. The zero-order chi connectivity index (χ0) is 13.1. The van der Waals surface area contributed by atoms with Gasteiger partial charge in [0.1, 0.15) is 5.75 Å². The molecule has 1 radical (unpaired) electrons. The molecule has 1 heteroatoms. The van der Waals surface area contributed by atoms with Gasteiger partial charge in [0.15, 0.2) is 0 Å². The van der Waals surface area contributed by atoms with E-state index in [9.17, 15) is 0 Å². The van der Waals surface area contributed by atoms with Crippen molar-refractivity contribution in [3.8, 4) is 5.75 Å². The van der Waals surface area contributed by atoms with Crippen LogP contribution in [0.25, 0.3) is 21.5 Å². The van der Waals surface area contributed by atoms with Gasteiger partial charge in [-0.05, 0) is 58.3 Å². The summed E-state index contributed by atoms with van der Waals surface area (Å²) in [5.74, 6) is 0.959. The van der Waals surface area contributed by atoms with E-state index in [2.05, 4.69) is 43.3 Å². The summed E-state index contributed by atoms with van der Waals surface area (Å²) in [5, 5.41) is 4.84. The fourth-order valence-electron chi connectivity index (χ4n) is 2.27. The summed E-state index contributed by atoms with van der Waals surface area (Å²) in [6.07, 6.45) is 2.26. The molecule has 0 N–H and O–H groups in total. The number of fused-ring (bicyclic) bond motifs is 2. The standard InChI is InChI=1S/C18H17O/c1-2-3-10-19-18-9-8-16-11-14-6-4-5-7-15(14)12-17(16)13-18/h4-5,7-9,11-13H,2-3,10H2,1H3. The molecule has 3 aromatic rings. The van der Waals surface area contributed by atoms with Crippen LogP contribution in [0.5, 0.6) is 5.75 Å². The molecule has 0 spiro atoms. The minimum absolute atomic E-state index is 0.795. The van der Waals surface area contributed by atoms with E-state index >= 15 is 0 Å². The molecular weight excluding hydrogens is 232 g/mol. The summed E-state index contributed by atoms with van der Waals surface area (Å²) in [5.41, 5.74) is 0. The molecule has 0 aliphatic heterocycles. The van der Waals surface area contributed by atoms with E-state index in [1.54, 1.807) is 0 Å². The van der Waals surface area contributed by atoms with Crippen LogP contribution in [0, 0.1) is 6.07 Å². The Bertz CT molecular complexity index is 700. The van der Waals surface area contributed by atoms with Crippen molar-refractivity contribution in [3.63, 3.8) is 0 Å².